The van der Waals surface area contributed by atoms with Crippen molar-refractivity contribution in [3.63, 3.8) is 0 Å². The van der Waals surface area contributed by atoms with E-state index in [0.717, 1.165) is 48.0 Å². The van der Waals surface area contributed by atoms with Crippen molar-refractivity contribution in [3.8, 4) is 0 Å². The van der Waals surface area contributed by atoms with Gasteiger partial charge < -0.3 is 14.2 Å². The van der Waals surface area contributed by atoms with Crippen molar-refractivity contribution >= 4 is 16.9 Å². The zero-order valence-electron chi connectivity index (χ0n) is 15.5. The minimum Gasteiger partial charge on any atom is -0.369 e. The average Bonchev–Trinajstić information content (AvgIpc) is 2.98. The first kappa shape index (κ1) is 16.9. The van der Waals surface area contributed by atoms with Gasteiger partial charge in [-0.3, -0.25) is 9.88 Å². The van der Waals surface area contributed by atoms with E-state index >= 15 is 0 Å². The highest BCUT2D eigenvalue weighted by molar-refractivity contribution is 5.75. The molecular weight excluding hydrogens is 328 g/mol. The molecule has 1 aromatic carbocycles. The Kier molecular flexibility index (Phi) is 4.57. The van der Waals surface area contributed by atoms with Gasteiger partial charge in [0.15, 0.2) is 5.82 Å². The van der Waals surface area contributed by atoms with Crippen molar-refractivity contribution in [3.05, 3.63) is 48.2 Å². The second kappa shape index (κ2) is 7.01. The van der Waals surface area contributed by atoms with Gasteiger partial charge in [-0.2, -0.15) is 0 Å². The van der Waals surface area contributed by atoms with E-state index in [-0.39, 0.29) is 6.10 Å². The highest BCUT2D eigenvalue weighted by Crippen LogP contribution is 2.27. The molecule has 0 radical (unpaired) electrons. The number of nitrogens with zero attached hydrogens (tertiary/aromatic N) is 6. The summed E-state index contributed by atoms with van der Waals surface area (Å²) in [5.41, 5.74) is 3.10. The minimum atomic E-state index is -0.0791. The predicted molar refractivity (Wildman–Crippen MR) is 101 cm³/mol. The van der Waals surface area contributed by atoms with E-state index in [1.807, 2.05) is 25.1 Å². The summed E-state index contributed by atoms with van der Waals surface area (Å²) in [7, 11) is 6.04. The largest absolute Gasteiger partial charge is 0.369 e. The number of hydrogen-bond acceptors (Lipinski definition) is 6. The van der Waals surface area contributed by atoms with Crippen molar-refractivity contribution in [1.29, 1.82) is 0 Å². The van der Waals surface area contributed by atoms with Gasteiger partial charge in [-0.15, -0.1) is 0 Å². The molecule has 0 unspecified atom stereocenters. The predicted octanol–water partition coefficient (Wildman–Crippen LogP) is 2.00. The SMILES string of the molecule is CN(C)c1nccnc1[C@H]1CN(Cc2nc3ccccc3n2C)CCO1. The maximum atomic E-state index is 6.01. The lowest BCUT2D eigenvalue weighted by Gasteiger charge is -2.33. The first-order valence-electron chi connectivity index (χ1n) is 8.86. The van der Waals surface area contributed by atoms with Crippen LogP contribution in [0.4, 0.5) is 5.82 Å². The van der Waals surface area contributed by atoms with Crippen molar-refractivity contribution < 1.29 is 4.74 Å². The van der Waals surface area contributed by atoms with E-state index in [4.69, 9.17) is 9.72 Å². The summed E-state index contributed by atoms with van der Waals surface area (Å²) in [4.78, 5) is 18.1. The van der Waals surface area contributed by atoms with Gasteiger partial charge in [0.1, 0.15) is 17.6 Å². The van der Waals surface area contributed by atoms with E-state index in [2.05, 4.69) is 44.7 Å². The molecule has 0 bridgehead atoms. The standard InChI is InChI=1S/C19H24N6O/c1-23(2)19-18(20-8-9-21-19)16-12-25(10-11-26-16)13-17-22-14-6-4-5-7-15(14)24(17)3/h4-9,16H,10-13H2,1-3H3/t16-/m1/s1. The van der Waals surface area contributed by atoms with Gasteiger partial charge in [-0.1, -0.05) is 12.1 Å². The molecule has 1 saturated heterocycles. The number of benzene rings is 1. The van der Waals surface area contributed by atoms with Crippen LogP contribution in [0, 0.1) is 0 Å². The fourth-order valence-corrected chi connectivity index (χ4v) is 3.46. The van der Waals surface area contributed by atoms with E-state index in [1.54, 1.807) is 12.4 Å². The first-order valence-corrected chi connectivity index (χ1v) is 8.86. The van der Waals surface area contributed by atoms with Crippen LogP contribution in [0.15, 0.2) is 36.7 Å². The van der Waals surface area contributed by atoms with Gasteiger partial charge in [-0.25, -0.2) is 9.97 Å². The lowest BCUT2D eigenvalue weighted by atomic mass is 10.2. The van der Waals surface area contributed by atoms with Crippen molar-refractivity contribution in [2.24, 2.45) is 7.05 Å². The zero-order valence-corrected chi connectivity index (χ0v) is 15.5. The van der Waals surface area contributed by atoms with Gasteiger partial charge in [0.25, 0.3) is 0 Å². The van der Waals surface area contributed by atoms with Crippen LogP contribution in [-0.2, 0) is 18.3 Å². The summed E-state index contributed by atoms with van der Waals surface area (Å²) in [5, 5.41) is 0. The molecule has 0 saturated carbocycles. The normalized spacial score (nSPS) is 18.3. The monoisotopic (exact) mass is 352 g/mol. The Hall–Kier alpha value is -2.51. The van der Waals surface area contributed by atoms with E-state index < -0.39 is 0 Å². The third kappa shape index (κ3) is 3.15. The Morgan fingerprint density at radius 3 is 2.81 bits per heavy atom. The van der Waals surface area contributed by atoms with Crippen molar-refractivity contribution in [2.45, 2.75) is 12.6 Å². The lowest BCUT2D eigenvalue weighted by molar-refractivity contribution is -0.0357. The number of imidazole rings is 1. The van der Waals surface area contributed by atoms with E-state index in [0.29, 0.717) is 6.61 Å². The number of hydrogen-bond donors (Lipinski definition) is 0. The number of aryl methyl sites for hydroxylation is 1. The molecule has 3 heterocycles. The zero-order chi connectivity index (χ0) is 18.1. The average molecular weight is 352 g/mol. The number of aromatic nitrogens is 4. The van der Waals surface area contributed by atoms with Crippen LogP contribution in [0.5, 0.6) is 0 Å². The molecule has 0 N–H and O–H groups in total. The Bertz CT molecular complexity index is 906. The summed E-state index contributed by atoms with van der Waals surface area (Å²) in [6.45, 7) is 3.14. The van der Waals surface area contributed by atoms with Crippen LogP contribution in [0.2, 0.25) is 0 Å². The lowest BCUT2D eigenvalue weighted by Crippen LogP contribution is -2.39. The highest BCUT2D eigenvalue weighted by atomic mass is 16.5. The topological polar surface area (TPSA) is 59.3 Å². The fourth-order valence-electron chi connectivity index (χ4n) is 3.46. The van der Waals surface area contributed by atoms with Gasteiger partial charge in [0.2, 0.25) is 0 Å². The molecule has 136 valence electrons. The van der Waals surface area contributed by atoms with Crippen LogP contribution in [0.25, 0.3) is 11.0 Å². The molecule has 7 nitrogen and oxygen atoms in total. The number of ether oxygens (including phenoxy) is 1. The molecule has 0 spiro atoms. The van der Waals surface area contributed by atoms with Gasteiger partial charge >= 0.3 is 0 Å². The second-order valence-electron chi connectivity index (χ2n) is 6.83. The molecule has 0 amide bonds. The number of anilines is 1. The smallest absolute Gasteiger partial charge is 0.152 e. The highest BCUT2D eigenvalue weighted by Gasteiger charge is 2.27. The summed E-state index contributed by atoms with van der Waals surface area (Å²) in [6, 6.07) is 8.25. The molecule has 1 fully saturated rings. The molecule has 1 aliphatic heterocycles. The van der Waals surface area contributed by atoms with Gasteiger partial charge in [0.05, 0.1) is 24.2 Å². The maximum absolute atomic E-state index is 6.01. The van der Waals surface area contributed by atoms with Crippen LogP contribution in [-0.4, -0.2) is 58.2 Å². The maximum Gasteiger partial charge on any atom is 0.152 e. The molecule has 0 aliphatic carbocycles. The van der Waals surface area contributed by atoms with Crippen LogP contribution >= 0.6 is 0 Å². The third-order valence-electron chi connectivity index (χ3n) is 4.83. The Morgan fingerprint density at radius 2 is 2.00 bits per heavy atom. The van der Waals surface area contributed by atoms with Crippen LogP contribution in [0.3, 0.4) is 0 Å². The quantitative estimate of drug-likeness (QED) is 0.716. The molecule has 4 rings (SSSR count). The Morgan fingerprint density at radius 1 is 1.19 bits per heavy atom. The van der Waals surface area contributed by atoms with E-state index in [9.17, 15) is 0 Å². The molecular formula is C19H24N6O. The number of para-hydroxylation sites is 2. The van der Waals surface area contributed by atoms with E-state index in [1.165, 1.54) is 0 Å². The fraction of sp³-hybridized carbons (Fsp3) is 0.421. The summed E-state index contributed by atoms with van der Waals surface area (Å²) >= 11 is 0. The second-order valence-corrected chi connectivity index (χ2v) is 6.83. The summed E-state index contributed by atoms with van der Waals surface area (Å²) in [6.07, 6.45) is 3.37. The van der Waals surface area contributed by atoms with Crippen molar-refractivity contribution in [1.82, 2.24) is 24.4 Å². The molecule has 26 heavy (non-hydrogen) atoms. The molecule has 2 aromatic heterocycles. The first-order chi connectivity index (χ1) is 12.6. The van der Waals surface area contributed by atoms with Gasteiger partial charge in [0, 0.05) is 46.6 Å². The molecule has 3 aromatic rings. The summed E-state index contributed by atoms with van der Waals surface area (Å²) < 4.78 is 8.19. The minimum absolute atomic E-state index is 0.0791. The molecule has 7 heteroatoms. The summed E-state index contributed by atoms with van der Waals surface area (Å²) in [5.74, 6) is 1.93. The third-order valence-corrected chi connectivity index (χ3v) is 4.83. The number of fused-ring (bicyclic) bond motifs is 1. The number of morpholine rings is 1. The van der Waals surface area contributed by atoms with Crippen molar-refractivity contribution in [2.75, 3.05) is 38.7 Å². The van der Waals surface area contributed by atoms with Crippen LogP contribution in [0.1, 0.15) is 17.6 Å². The Labute approximate surface area is 153 Å². The number of rotatable bonds is 4. The Balaban J connectivity index is 1.55. The van der Waals surface area contributed by atoms with Crippen LogP contribution < -0.4 is 4.90 Å². The molecule has 1 aliphatic rings. The van der Waals surface area contributed by atoms with Gasteiger partial charge in [-0.05, 0) is 12.1 Å². The molecule has 1 atom stereocenters.